The number of hydrogen-bond acceptors (Lipinski definition) is 2. The van der Waals surface area contributed by atoms with Crippen LogP contribution in [-0.2, 0) is 0 Å². The van der Waals surface area contributed by atoms with Gasteiger partial charge in [-0.05, 0) is 51.3 Å². The van der Waals surface area contributed by atoms with Crippen molar-refractivity contribution in [3.05, 3.63) is 29.3 Å². The smallest absolute Gasteiger partial charge is 0.106 e. The fraction of sp³-hybridized carbons (Fsp3) is 0.500. The third-order valence-corrected chi connectivity index (χ3v) is 3.83. The van der Waals surface area contributed by atoms with Crippen molar-refractivity contribution in [3.63, 3.8) is 0 Å². The van der Waals surface area contributed by atoms with Gasteiger partial charge in [-0.1, -0.05) is 18.3 Å². The van der Waals surface area contributed by atoms with Crippen molar-refractivity contribution in [2.24, 2.45) is 5.73 Å². The first-order chi connectivity index (χ1) is 7.92. The van der Waals surface area contributed by atoms with E-state index in [1.54, 1.807) is 0 Å². The van der Waals surface area contributed by atoms with Crippen molar-refractivity contribution in [1.29, 1.82) is 0 Å². The summed E-state index contributed by atoms with van der Waals surface area (Å²) in [6.07, 6.45) is 2.45. The molecular formula is C14H20N2S. The molecule has 0 saturated carbocycles. The molecule has 2 N–H and O–H groups in total. The van der Waals surface area contributed by atoms with Gasteiger partial charge in [0.25, 0.3) is 0 Å². The molecular weight excluding hydrogens is 228 g/mol. The highest BCUT2D eigenvalue weighted by Gasteiger charge is 2.33. The summed E-state index contributed by atoms with van der Waals surface area (Å²) in [5, 5.41) is 0. The number of rotatable bonds is 2. The lowest BCUT2D eigenvalue weighted by atomic mass is 10.00. The molecule has 0 amide bonds. The number of anilines is 1. The molecule has 1 heterocycles. The summed E-state index contributed by atoms with van der Waals surface area (Å²) < 4.78 is 0. The maximum absolute atomic E-state index is 5.83. The van der Waals surface area contributed by atoms with E-state index in [2.05, 4.69) is 37.8 Å². The van der Waals surface area contributed by atoms with Crippen molar-refractivity contribution in [2.75, 3.05) is 11.4 Å². The van der Waals surface area contributed by atoms with Crippen LogP contribution in [0.4, 0.5) is 5.69 Å². The van der Waals surface area contributed by atoms with Crippen LogP contribution in [0.25, 0.3) is 0 Å². The number of thiocarbonyl (C=S) groups is 1. The zero-order valence-electron chi connectivity index (χ0n) is 10.8. The van der Waals surface area contributed by atoms with E-state index in [0.717, 1.165) is 12.1 Å². The average Bonchev–Trinajstić information content (AvgIpc) is 2.57. The van der Waals surface area contributed by atoms with Crippen LogP contribution < -0.4 is 10.6 Å². The number of nitrogens with two attached hydrogens (primary N) is 1. The molecule has 1 saturated heterocycles. The van der Waals surface area contributed by atoms with E-state index in [4.69, 9.17) is 18.0 Å². The van der Waals surface area contributed by atoms with Gasteiger partial charge in [0.1, 0.15) is 4.99 Å². The van der Waals surface area contributed by atoms with Gasteiger partial charge in [0.2, 0.25) is 0 Å². The molecule has 1 aliphatic rings. The average molecular weight is 248 g/mol. The third kappa shape index (κ3) is 2.29. The summed E-state index contributed by atoms with van der Waals surface area (Å²) in [5.74, 6) is 0. The quantitative estimate of drug-likeness (QED) is 0.816. The molecule has 17 heavy (non-hydrogen) atoms. The second kappa shape index (κ2) is 4.30. The maximum atomic E-state index is 5.83. The molecule has 0 unspecified atom stereocenters. The van der Waals surface area contributed by atoms with Crippen molar-refractivity contribution in [1.82, 2.24) is 0 Å². The monoisotopic (exact) mass is 248 g/mol. The summed E-state index contributed by atoms with van der Waals surface area (Å²) in [4.78, 5) is 2.93. The van der Waals surface area contributed by atoms with Gasteiger partial charge in [0, 0.05) is 23.3 Å². The first kappa shape index (κ1) is 12.4. The Bertz CT molecular complexity index is 452. The number of aryl methyl sites for hydroxylation is 1. The van der Waals surface area contributed by atoms with Gasteiger partial charge in [0.05, 0.1) is 0 Å². The van der Waals surface area contributed by atoms with Crippen LogP contribution in [0.1, 0.15) is 37.8 Å². The Hall–Kier alpha value is -1.09. The van der Waals surface area contributed by atoms with Gasteiger partial charge in [-0.25, -0.2) is 0 Å². The summed E-state index contributed by atoms with van der Waals surface area (Å²) in [6.45, 7) is 7.76. The van der Waals surface area contributed by atoms with Gasteiger partial charge < -0.3 is 10.6 Å². The standard InChI is InChI=1S/C14H20N2S/c1-10-5-6-11(13(15)17)12(9-10)16-8-4-7-14(16,2)3/h5-6,9H,4,7-8H2,1-3H3,(H2,15,17). The molecule has 1 fully saturated rings. The molecule has 1 aromatic carbocycles. The van der Waals surface area contributed by atoms with E-state index < -0.39 is 0 Å². The van der Waals surface area contributed by atoms with Gasteiger partial charge in [-0.2, -0.15) is 0 Å². The maximum Gasteiger partial charge on any atom is 0.106 e. The number of nitrogens with zero attached hydrogens (tertiary/aromatic N) is 1. The molecule has 2 rings (SSSR count). The topological polar surface area (TPSA) is 29.3 Å². The minimum Gasteiger partial charge on any atom is -0.389 e. The highest BCUT2D eigenvalue weighted by molar-refractivity contribution is 7.80. The third-order valence-electron chi connectivity index (χ3n) is 3.61. The fourth-order valence-electron chi connectivity index (χ4n) is 2.63. The highest BCUT2D eigenvalue weighted by atomic mass is 32.1. The lowest BCUT2D eigenvalue weighted by Crippen LogP contribution is -2.39. The minimum atomic E-state index is 0.202. The lowest BCUT2D eigenvalue weighted by molar-refractivity contribution is 0.518. The van der Waals surface area contributed by atoms with E-state index in [1.165, 1.54) is 24.1 Å². The molecule has 92 valence electrons. The minimum absolute atomic E-state index is 0.202. The van der Waals surface area contributed by atoms with Crippen LogP contribution in [0.5, 0.6) is 0 Å². The zero-order valence-corrected chi connectivity index (χ0v) is 11.6. The van der Waals surface area contributed by atoms with Gasteiger partial charge >= 0.3 is 0 Å². The van der Waals surface area contributed by atoms with Crippen molar-refractivity contribution in [3.8, 4) is 0 Å². The Labute approximate surface area is 109 Å². The van der Waals surface area contributed by atoms with E-state index in [9.17, 15) is 0 Å². The Kier molecular flexibility index (Phi) is 3.13. The predicted octanol–water partition coefficient (Wildman–Crippen LogP) is 3.01. The first-order valence-corrected chi connectivity index (χ1v) is 6.51. The Morgan fingerprint density at radius 3 is 2.65 bits per heavy atom. The number of hydrogen-bond donors (Lipinski definition) is 1. The molecule has 0 bridgehead atoms. The number of benzene rings is 1. The van der Waals surface area contributed by atoms with Crippen LogP contribution >= 0.6 is 12.2 Å². The van der Waals surface area contributed by atoms with E-state index >= 15 is 0 Å². The molecule has 0 aliphatic carbocycles. The van der Waals surface area contributed by atoms with E-state index in [1.807, 2.05) is 6.07 Å². The predicted molar refractivity (Wildman–Crippen MR) is 77.7 cm³/mol. The zero-order chi connectivity index (χ0) is 12.6. The van der Waals surface area contributed by atoms with Gasteiger partial charge in [-0.15, -0.1) is 0 Å². The fourth-order valence-corrected chi connectivity index (χ4v) is 2.80. The molecule has 1 aromatic rings. The Morgan fingerprint density at radius 1 is 1.41 bits per heavy atom. The summed E-state index contributed by atoms with van der Waals surface area (Å²) in [5.41, 5.74) is 9.47. The molecule has 0 aromatic heterocycles. The van der Waals surface area contributed by atoms with Crippen LogP contribution in [0, 0.1) is 6.92 Å². The second-order valence-corrected chi connectivity index (χ2v) is 5.89. The van der Waals surface area contributed by atoms with Crippen LogP contribution in [-0.4, -0.2) is 17.1 Å². The largest absolute Gasteiger partial charge is 0.389 e. The lowest BCUT2D eigenvalue weighted by Gasteiger charge is -2.35. The van der Waals surface area contributed by atoms with Crippen molar-refractivity contribution < 1.29 is 0 Å². The first-order valence-electron chi connectivity index (χ1n) is 6.10. The van der Waals surface area contributed by atoms with Gasteiger partial charge in [0.15, 0.2) is 0 Å². The van der Waals surface area contributed by atoms with Crippen LogP contribution in [0.3, 0.4) is 0 Å². The molecule has 0 atom stereocenters. The molecule has 1 aliphatic heterocycles. The highest BCUT2D eigenvalue weighted by Crippen LogP contribution is 2.35. The molecule has 0 radical (unpaired) electrons. The van der Waals surface area contributed by atoms with Crippen LogP contribution in [0.2, 0.25) is 0 Å². The van der Waals surface area contributed by atoms with Crippen LogP contribution in [0.15, 0.2) is 18.2 Å². The van der Waals surface area contributed by atoms with Crippen molar-refractivity contribution >= 4 is 22.9 Å². The van der Waals surface area contributed by atoms with Crippen molar-refractivity contribution in [2.45, 2.75) is 39.2 Å². The molecule has 0 spiro atoms. The summed E-state index contributed by atoms with van der Waals surface area (Å²) >= 11 is 5.15. The Morgan fingerprint density at radius 2 is 2.12 bits per heavy atom. The summed E-state index contributed by atoms with van der Waals surface area (Å²) in [6, 6.07) is 6.31. The van der Waals surface area contributed by atoms with E-state index in [-0.39, 0.29) is 5.54 Å². The SMILES string of the molecule is Cc1ccc(C(N)=S)c(N2CCCC2(C)C)c1. The van der Waals surface area contributed by atoms with Gasteiger partial charge in [-0.3, -0.25) is 0 Å². The summed E-state index contributed by atoms with van der Waals surface area (Å²) in [7, 11) is 0. The van der Waals surface area contributed by atoms with E-state index in [0.29, 0.717) is 4.99 Å². The normalized spacial score (nSPS) is 18.4. The second-order valence-electron chi connectivity index (χ2n) is 5.45. The molecule has 3 heteroatoms. The Balaban J connectivity index is 2.50. The molecule has 2 nitrogen and oxygen atoms in total.